The number of hydrogen-bond acceptors (Lipinski definition) is 2. The van der Waals surface area contributed by atoms with E-state index in [1.807, 2.05) is 0 Å². The van der Waals surface area contributed by atoms with Crippen LogP contribution in [0.15, 0.2) is 30.3 Å². The van der Waals surface area contributed by atoms with Crippen LogP contribution in [0.25, 0.3) is 0 Å². The Morgan fingerprint density at radius 2 is 1.82 bits per heavy atom. The molecule has 0 atom stereocenters. The van der Waals surface area contributed by atoms with E-state index in [0.29, 0.717) is 0 Å². The van der Waals surface area contributed by atoms with Gasteiger partial charge in [0.1, 0.15) is 0 Å². The van der Waals surface area contributed by atoms with E-state index in [1.54, 1.807) is 0 Å². The maximum Gasteiger partial charge on any atom is 0.0184 e. The molecule has 0 saturated carbocycles. The second kappa shape index (κ2) is 7.78. The molecule has 1 saturated heterocycles. The van der Waals surface area contributed by atoms with Gasteiger partial charge in [0.25, 0.3) is 0 Å². The van der Waals surface area contributed by atoms with Crippen molar-refractivity contribution in [2.24, 2.45) is 0 Å². The average Bonchev–Trinajstić information content (AvgIpc) is 2.41. The summed E-state index contributed by atoms with van der Waals surface area (Å²) in [7, 11) is 0. The minimum atomic E-state index is 1.16. The maximum absolute atomic E-state index is 2.60. The molecule has 0 N–H and O–H groups in total. The molecule has 0 amide bonds. The Morgan fingerprint density at radius 3 is 2.59 bits per heavy atom. The summed E-state index contributed by atoms with van der Waals surface area (Å²) in [6.45, 7) is 3.85. The molecule has 0 aliphatic carbocycles. The summed E-state index contributed by atoms with van der Waals surface area (Å²) in [4.78, 5) is 2.60. The summed E-state index contributed by atoms with van der Waals surface area (Å²) in [6.07, 6.45) is 6.33. The Balaban J connectivity index is 1.51. The molecule has 1 aliphatic heterocycles. The van der Waals surface area contributed by atoms with Gasteiger partial charge in [-0.1, -0.05) is 30.3 Å². The van der Waals surface area contributed by atoms with Gasteiger partial charge in [-0.3, -0.25) is 0 Å². The van der Waals surface area contributed by atoms with Gasteiger partial charge in [0.2, 0.25) is 0 Å². The van der Waals surface area contributed by atoms with Crippen molar-refractivity contribution in [1.29, 1.82) is 0 Å². The van der Waals surface area contributed by atoms with Crippen molar-refractivity contribution in [2.75, 3.05) is 25.4 Å². The van der Waals surface area contributed by atoms with Crippen LogP contribution in [0, 0.1) is 6.42 Å². The Morgan fingerprint density at radius 1 is 1.06 bits per heavy atom. The molecule has 2 rings (SSSR count). The van der Waals surface area contributed by atoms with E-state index in [9.17, 15) is 0 Å². The van der Waals surface area contributed by atoms with Gasteiger partial charge in [0.05, 0.1) is 0 Å². The fourth-order valence-electron chi connectivity index (χ4n) is 2.18. The minimum Gasteiger partial charge on any atom is -0.303 e. The highest BCUT2D eigenvalue weighted by Gasteiger charge is 2.08. The first-order valence-corrected chi connectivity index (χ1v) is 7.76. The van der Waals surface area contributed by atoms with E-state index in [4.69, 9.17) is 0 Å². The van der Waals surface area contributed by atoms with E-state index in [1.165, 1.54) is 50.2 Å². The fourth-order valence-corrected chi connectivity index (χ4v) is 3.09. The molecule has 1 heterocycles. The molecule has 0 unspecified atom stereocenters. The zero-order valence-electron chi connectivity index (χ0n) is 10.5. The van der Waals surface area contributed by atoms with E-state index in [2.05, 4.69) is 53.4 Å². The quantitative estimate of drug-likeness (QED) is 0.708. The summed E-state index contributed by atoms with van der Waals surface area (Å²) < 4.78 is 0. The number of nitrogens with zero attached hydrogens (tertiary/aromatic N) is 1. The smallest absolute Gasteiger partial charge is 0.0184 e. The topological polar surface area (TPSA) is 3.24 Å². The molecular weight excluding hydrogens is 226 g/mol. The summed E-state index contributed by atoms with van der Waals surface area (Å²) in [5.41, 5.74) is 1.45. The van der Waals surface area contributed by atoms with Gasteiger partial charge in [-0.05, 0) is 56.6 Å². The number of piperidine rings is 1. The second-order valence-electron chi connectivity index (χ2n) is 4.60. The summed E-state index contributed by atoms with van der Waals surface area (Å²) in [6, 6.07) is 10.8. The molecule has 1 nitrogen and oxygen atoms in total. The number of hydrogen-bond donors (Lipinski definition) is 0. The molecular formula is C15H22NS. The Kier molecular flexibility index (Phi) is 5.94. The van der Waals surface area contributed by atoms with Crippen LogP contribution >= 0.6 is 11.8 Å². The van der Waals surface area contributed by atoms with Crippen LogP contribution in [0.3, 0.4) is 0 Å². The zero-order chi connectivity index (χ0) is 11.8. The standard InChI is InChI=1S/C15H22NS/c1-3-8-15(9-4-1)14-17-13-7-12-16-10-5-2-6-11-16/h1-4,8-9H,5-7,10-14H2. The SMILES string of the molecule is [CH]1CCN(CCCSCc2ccccc2)CC1. The summed E-state index contributed by atoms with van der Waals surface area (Å²) in [5, 5.41) is 0. The highest BCUT2D eigenvalue weighted by Crippen LogP contribution is 2.14. The van der Waals surface area contributed by atoms with Crippen LogP contribution in [-0.4, -0.2) is 30.3 Å². The monoisotopic (exact) mass is 248 g/mol. The molecule has 17 heavy (non-hydrogen) atoms. The first-order valence-electron chi connectivity index (χ1n) is 6.61. The van der Waals surface area contributed by atoms with Crippen LogP contribution in [0.1, 0.15) is 24.8 Å². The molecule has 1 fully saturated rings. The Hall–Kier alpha value is -0.470. The first kappa shape index (κ1) is 13.0. The van der Waals surface area contributed by atoms with Crippen LogP contribution in [0.2, 0.25) is 0 Å². The minimum absolute atomic E-state index is 1.16. The van der Waals surface area contributed by atoms with Crippen LogP contribution < -0.4 is 0 Å². The van der Waals surface area contributed by atoms with E-state index >= 15 is 0 Å². The third-order valence-corrected chi connectivity index (χ3v) is 4.29. The van der Waals surface area contributed by atoms with Gasteiger partial charge in [0, 0.05) is 5.75 Å². The van der Waals surface area contributed by atoms with Crippen LogP contribution in [0.5, 0.6) is 0 Å². The van der Waals surface area contributed by atoms with Gasteiger partial charge in [0.15, 0.2) is 0 Å². The van der Waals surface area contributed by atoms with Crippen molar-refractivity contribution in [3.8, 4) is 0 Å². The molecule has 1 aliphatic rings. The summed E-state index contributed by atoms with van der Waals surface area (Å²) in [5.74, 6) is 2.45. The zero-order valence-corrected chi connectivity index (χ0v) is 11.3. The van der Waals surface area contributed by atoms with Crippen molar-refractivity contribution in [3.05, 3.63) is 42.3 Å². The van der Waals surface area contributed by atoms with E-state index < -0.39 is 0 Å². The van der Waals surface area contributed by atoms with Gasteiger partial charge in [-0.15, -0.1) is 0 Å². The largest absolute Gasteiger partial charge is 0.303 e. The van der Waals surface area contributed by atoms with E-state index in [0.717, 1.165) is 5.75 Å². The van der Waals surface area contributed by atoms with Crippen molar-refractivity contribution >= 4 is 11.8 Å². The lowest BCUT2D eigenvalue weighted by atomic mass is 10.1. The van der Waals surface area contributed by atoms with E-state index in [-0.39, 0.29) is 0 Å². The molecule has 0 aromatic heterocycles. The lowest BCUT2D eigenvalue weighted by Crippen LogP contribution is -2.31. The molecule has 0 bridgehead atoms. The van der Waals surface area contributed by atoms with Crippen LogP contribution in [0.4, 0.5) is 0 Å². The molecule has 0 spiro atoms. The molecule has 2 heteroatoms. The van der Waals surface area contributed by atoms with Crippen molar-refractivity contribution in [3.63, 3.8) is 0 Å². The third kappa shape index (κ3) is 5.13. The first-order chi connectivity index (χ1) is 8.45. The number of rotatable bonds is 6. The van der Waals surface area contributed by atoms with Gasteiger partial charge >= 0.3 is 0 Å². The molecule has 1 aromatic carbocycles. The van der Waals surface area contributed by atoms with Crippen molar-refractivity contribution in [1.82, 2.24) is 4.90 Å². The lowest BCUT2D eigenvalue weighted by Gasteiger charge is -2.25. The number of likely N-dealkylation sites (tertiary alicyclic amines) is 1. The predicted octanol–water partition coefficient (Wildman–Crippen LogP) is 3.61. The van der Waals surface area contributed by atoms with Crippen molar-refractivity contribution in [2.45, 2.75) is 25.0 Å². The highest BCUT2D eigenvalue weighted by molar-refractivity contribution is 7.98. The Bertz CT molecular complexity index is 293. The van der Waals surface area contributed by atoms with Gasteiger partial charge in [-0.25, -0.2) is 0 Å². The predicted molar refractivity (Wildman–Crippen MR) is 77.2 cm³/mol. The number of benzene rings is 1. The summed E-state index contributed by atoms with van der Waals surface area (Å²) >= 11 is 2.06. The highest BCUT2D eigenvalue weighted by atomic mass is 32.2. The average molecular weight is 248 g/mol. The third-order valence-electron chi connectivity index (χ3n) is 3.17. The number of thioether (sulfide) groups is 1. The maximum atomic E-state index is 2.60. The Labute approximate surface area is 110 Å². The molecule has 1 radical (unpaired) electrons. The normalized spacial score (nSPS) is 17.2. The second-order valence-corrected chi connectivity index (χ2v) is 5.70. The lowest BCUT2D eigenvalue weighted by molar-refractivity contribution is 0.255. The van der Waals surface area contributed by atoms with Gasteiger partial charge in [-0.2, -0.15) is 11.8 Å². The molecule has 1 aromatic rings. The molecule has 93 valence electrons. The van der Waals surface area contributed by atoms with Crippen molar-refractivity contribution < 1.29 is 0 Å². The van der Waals surface area contributed by atoms with Crippen LogP contribution in [-0.2, 0) is 5.75 Å². The fraction of sp³-hybridized carbons (Fsp3) is 0.533. The van der Waals surface area contributed by atoms with Gasteiger partial charge < -0.3 is 4.90 Å².